The lowest BCUT2D eigenvalue weighted by Crippen LogP contribution is -2.53. The number of aliphatic hydroxyl groups excluding tert-OH is 1. The molecule has 5 atom stereocenters. The van der Waals surface area contributed by atoms with Gasteiger partial charge in [-0.05, 0) is 81.8 Å². The van der Waals surface area contributed by atoms with E-state index in [0.29, 0.717) is 37.4 Å². The Balaban J connectivity index is 1.30. The number of likely N-dealkylation sites (N-methyl/N-ethyl adjacent to an activating group) is 1. The standard InChI is InChI=1S/C32H47N3O8/c1-31(2,38)8-5-9-32(39,18-25(36)34-14-12-33(3)13-15-34)30(37)43-29-26-22-17-24-23(41-19-42-24)16-20(22)6-10-35-11-7-21(27(26)35)28(29)40-4/h16-17,25-27,29,36,38-39H,5-15,18-19H2,1-4H3/t25?,26-,27+,29-,32+/m0/s1. The number of nitrogens with zero attached hydrogens (tertiary/aromatic N) is 3. The molecule has 1 unspecified atom stereocenters. The summed E-state index contributed by atoms with van der Waals surface area (Å²) in [5, 5.41) is 33.5. The van der Waals surface area contributed by atoms with Crippen molar-refractivity contribution in [2.75, 3.05) is 60.2 Å². The predicted octanol–water partition coefficient (Wildman–Crippen LogP) is 1.58. The van der Waals surface area contributed by atoms with Crippen LogP contribution < -0.4 is 9.47 Å². The summed E-state index contributed by atoms with van der Waals surface area (Å²) in [5.74, 6) is 1.06. The zero-order valence-electron chi connectivity index (χ0n) is 25.9. The first-order valence-electron chi connectivity index (χ1n) is 15.7. The number of benzene rings is 1. The lowest BCUT2D eigenvalue weighted by Gasteiger charge is -2.39. The number of rotatable bonds is 10. The molecule has 0 saturated carbocycles. The molecule has 0 spiro atoms. The second-order valence-corrected chi connectivity index (χ2v) is 13.6. The van der Waals surface area contributed by atoms with Gasteiger partial charge < -0.3 is 39.2 Å². The monoisotopic (exact) mass is 601 g/mol. The summed E-state index contributed by atoms with van der Waals surface area (Å²) < 4.78 is 23.7. The summed E-state index contributed by atoms with van der Waals surface area (Å²) in [4.78, 5) is 20.7. The van der Waals surface area contributed by atoms with E-state index in [1.807, 2.05) is 24.1 Å². The normalized spacial score (nSPS) is 27.8. The maximum atomic E-state index is 14.2. The minimum absolute atomic E-state index is 0.0218. The van der Waals surface area contributed by atoms with Gasteiger partial charge in [0.25, 0.3) is 0 Å². The molecule has 6 rings (SSSR count). The minimum Gasteiger partial charge on any atom is -0.497 e. The van der Waals surface area contributed by atoms with Gasteiger partial charge in [-0.1, -0.05) is 0 Å². The Morgan fingerprint density at radius 3 is 2.44 bits per heavy atom. The van der Waals surface area contributed by atoms with Crippen molar-refractivity contribution in [2.45, 2.75) is 87.9 Å². The summed E-state index contributed by atoms with van der Waals surface area (Å²) in [6.45, 7) is 8.23. The Morgan fingerprint density at radius 2 is 1.74 bits per heavy atom. The van der Waals surface area contributed by atoms with Crippen molar-refractivity contribution >= 4 is 5.97 Å². The fourth-order valence-electron chi connectivity index (χ4n) is 7.62. The minimum atomic E-state index is -1.95. The van der Waals surface area contributed by atoms with Crippen LogP contribution in [0.3, 0.4) is 0 Å². The molecule has 0 amide bonds. The van der Waals surface area contributed by atoms with Crippen molar-refractivity contribution in [1.82, 2.24) is 14.7 Å². The van der Waals surface area contributed by atoms with E-state index < -0.39 is 29.5 Å². The third-order valence-electron chi connectivity index (χ3n) is 10.0. The number of carbonyl (C=O) groups is 1. The third kappa shape index (κ3) is 6.00. The van der Waals surface area contributed by atoms with Gasteiger partial charge in [0.15, 0.2) is 23.2 Å². The Kier molecular flexibility index (Phi) is 8.42. The highest BCUT2D eigenvalue weighted by Crippen LogP contribution is 2.52. The van der Waals surface area contributed by atoms with E-state index in [1.165, 1.54) is 0 Å². The smallest absolute Gasteiger partial charge is 0.339 e. The number of fused-ring (bicyclic) bond motifs is 3. The van der Waals surface area contributed by atoms with Crippen LogP contribution in [0.5, 0.6) is 11.5 Å². The van der Waals surface area contributed by atoms with E-state index in [9.17, 15) is 20.1 Å². The van der Waals surface area contributed by atoms with Crippen molar-refractivity contribution in [2.24, 2.45) is 0 Å². The number of esters is 1. The predicted molar refractivity (Wildman–Crippen MR) is 158 cm³/mol. The second-order valence-electron chi connectivity index (χ2n) is 13.6. The largest absolute Gasteiger partial charge is 0.497 e. The summed E-state index contributed by atoms with van der Waals surface area (Å²) in [5.41, 5.74) is 0.421. The molecule has 2 fully saturated rings. The van der Waals surface area contributed by atoms with Crippen LogP contribution in [0.4, 0.5) is 0 Å². The van der Waals surface area contributed by atoms with Crippen molar-refractivity contribution in [3.63, 3.8) is 0 Å². The molecule has 1 aliphatic carbocycles. The number of methoxy groups -OCH3 is 1. The highest BCUT2D eigenvalue weighted by Gasteiger charge is 2.55. The lowest BCUT2D eigenvalue weighted by atomic mass is 9.86. The van der Waals surface area contributed by atoms with Crippen LogP contribution in [-0.2, 0) is 20.7 Å². The van der Waals surface area contributed by atoms with Crippen LogP contribution in [0, 0.1) is 0 Å². The van der Waals surface area contributed by atoms with Gasteiger partial charge in [0.2, 0.25) is 6.79 Å². The highest BCUT2D eigenvalue weighted by atomic mass is 16.7. The fraction of sp³-hybridized carbons (Fsp3) is 0.719. The number of piperazine rings is 1. The Bertz CT molecular complexity index is 1240. The lowest BCUT2D eigenvalue weighted by molar-refractivity contribution is -0.180. The summed E-state index contributed by atoms with van der Waals surface area (Å²) >= 11 is 0. The first-order valence-corrected chi connectivity index (χ1v) is 15.7. The topological polar surface area (TPSA) is 124 Å². The number of hydrogen-bond donors (Lipinski definition) is 3. The molecule has 0 radical (unpaired) electrons. The van der Waals surface area contributed by atoms with Gasteiger partial charge in [0.05, 0.1) is 12.7 Å². The Morgan fingerprint density at radius 1 is 1.05 bits per heavy atom. The van der Waals surface area contributed by atoms with Crippen molar-refractivity contribution in [3.05, 3.63) is 34.6 Å². The molecule has 5 aliphatic rings. The summed E-state index contributed by atoms with van der Waals surface area (Å²) in [7, 11) is 3.65. The molecule has 4 aliphatic heterocycles. The van der Waals surface area contributed by atoms with Gasteiger partial charge in [0.1, 0.15) is 12.0 Å². The molecule has 1 aromatic rings. The van der Waals surface area contributed by atoms with E-state index in [0.717, 1.165) is 61.5 Å². The van der Waals surface area contributed by atoms with Crippen LogP contribution >= 0.6 is 0 Å². The fourth-order valence-corrected chi connectivity index (χ4v) is 7.62. The molecule has 238 valence electrons. The van der Waals surface area contributed by atoms with E-state index >= 15 is 0 Å². The van der Waals surface area contributed by atoms with Gasteiger partial charge in [-0.15, -0.1) is 0 Å². The molecule has 1 aromatic carbocycles. The van der Waals surface area contributed by atoms with Gasteiger partial charge in [-0.2, -0.15) is 0 Å². The number of carbonyl (C=O) groups excluding carboxylic acids is 1. The molecule has 0 bridgehead atoms. The Hall–Kier alpha value is -2.41. The van der Waals surface area contributed by atoms with E-state index in [1.54, 1.807) is 21.0 Å². The molecular formula is C32H47N3O8. The number of ether oxygens (including phenoxy) is 4. The molecule has 2 saturated heterocycles. The highest BCUT2D eigenvalue weighted by molar-refractivity contribution is 5.80. The van der Waals surface area contributed by atoms with Crippen LogP contribution in [0.15, 0.2) is 23.5 Å². The van der Waals surface area contributed by atoms with Crippen LogP contribution in [0.1, 0.15) is 63.0 Å². The van der Waals surface area contributed by atoms with E-state index in [4.69, 9.17) is 18.9 Å². The SMILES string of the molecule is COC1=C2CCN3CCc4cc5c(cc4[C@H]([C@@H]1OC(=O)[C@@](O)(CCCC(C)(C)O)CC(O)N1CCN(C)CC1)[C@@H]23)OCO5. The molecular weight excluding hydrogens is 554 g/mol. The number of aliphatic hydroxyl groups is 3. The summed E-state index contributed by atoms with van der Waals surface area (Å²) in [6.07, 6.45) is 0.585. The van der Waals surface area contributed by atoms with Crippen molar-refractivity contribution < 1.29 is 39.1 Å². The summed E-state index contributed by atoms with van der Waals surface area (Å²) in [6, 6.07) is 4.09. The molecule has 0 aromatic heterocycles. The molecule has 11 nitrogen and oxygen atoms in total. The van der Waals surface area contributed by atoms with Crippen LogP contribution in [-0.4, -0.2) is 126 Å². The second kappa shape index (κ2) is 11.8. The van der Waals surface area contributed by atoms with Crippen molar-refractivity contribution in [1.29, 1.82) is 0 Å². The molecule has 43 heavy (non-hydrogen) atoms. The van der Waals surface area contributed by atoms with Crippen LogP contribution in [0.2, 0.25) is 0 Å². The zero-order chi connectivity index (χ0) is 30.5. The maximum absolute atomic E-state index is 14.2. The van der Waals surface area contributed by atoms with Gasteiger partial charge in [-0.25, -0.2) is 4.79 Å². The zero-order valence-corrected chi connectivity index (χ0v) is 25.9. The quantitative estimate of drug-likeness (QED) is 0.339. The van der Waals surface area contributed by atoms with Gasteiger partial charge in [0, 0.05) is 57.6 Å². The van der Waals surface area contributed by atoms with E-state index in [2.05, 4.69) is 9.80 Å². The maximum Gasteiger partial charge on any atom is 0.339 e. The van der Waals surface area contributed by atoms with Crippen molar-refractivity contribution in [3.8, 4) is 11.5 Å². The van der Waals surface area contributed by atoms with Gasteiger partial charge >= 0.3 is 5.97 Å². The molecule has 4 heterocycles. The first kappa shape index (κ1) is 30.6. The van der Waals surface area contributed by atoms with Crippen LogP contribution in [0.25, 0.3) is 0 Å². The average Bonchev–Trinajstić information content (AvgIpc) is 3.62. The van der Waals surface area contributed by atoms with E-state index in [-0.39, 0.29) is 31.6 Å². The Labute approximate surface area is 253 Å². The number of hydrogen-bond acceptors (Lipinski definition) is 11. The third-order valence-corrected chi connectivity index (χ3v) is 10.0. The first-order chi connectivity index (χ1) is 20.5. The molecule has 3 N–H and O–H groups in total. The van der Waals surface area contributed by atoms with Gasteiger partial charge in [-0.3, -0.25) is 9.80 Å². The average molecular weight is 602 g/mol. The molecule has 11 heteroatoms.